The molecule has 4 unspecified atom stereocenters. The number of rotatable bonds is 3. The van der Waals surface area contributed by atoms with Crippen molar-refractivity contribution in [1.82, 2.24) is 5.32 Å². The molecular weight excluding hydrogens is 304 g/mol. The minimum absolute atomic E-state index is 0.210. The van der Waals surface area contributed by atoms with Crippen LogP contribution in [0, 0.1) is 5.92 Å². The van der Waals surface area contributed by atoms with E-state index < -0.39 is 0 Å². The van der Waals surface area contributed by atoms with Gasteiger partial charge in [0.15, 0.2) is 0 Å². The monoisotopic (exact) mass is 330 g/mol. The summed E-state index contributed by atoms with van der Waals surface area (Å²) in [4.78, 5) is 0. The van der Waals surface area contributed by atoms with E-state index in [4.69, 9.17) is 5.73 Å². The van der Waals surface area contributed by atoms with Crippen LogP contribution >= 0.6 is 0 Å². The van der Waals surface area contributed by atoms with Crippen LogP contribution in [0.4, 0.5) is 0 Å². The van der Waals surface area contributed by atoms with Crippen molar-refractivity contribution < 1.29 is 0 Å². The Hall–Kier alpha value is -2.16. The topological polar surface area (TPSA) is 38.0 Å². The van der Waals surface area contributed by atoms with Crippen LogP contribution in [0.1, 0.15) is 36.4 Å². The van der Waals surface area contributed by atoms with Crippen LogP contribution in [0.5, 0.6) is 0 Å². The van der Waals surface area contributed by atoms with Crippen LogP contribution in [0.2, 0.25) is 0 Å². The smallest absolute Gasteiger partial charge is 0.0390 e. The zero-order chi connectivity index (χ0) is 17.2. The van der Waals surface area contributed by atoms with E-state index in [2.05, 4.69) is 85.0 Å². The lowest BCUT2D eigenvalue weighted by atomic mass is 9.74. The molecule has 2 nitrogen and oxygen atoms in total. The molecule has 4 atom stereocenters. The number of nitrogens with two attached hydrogens (primary N) is 1. The van der Waals surface area contributed by atoms with Gasteiger partial charge in [-0.25, -0.2) is 0 Å². The largest absolute Gasteiger partial charge is 0.328 e. The zero-order valence-corrected chi connectivity index (χ0v) is 14.7. The number of fused-ring (bicyclic) bond motifs is 1. The average Bonchev–Trinajstić information content (AvgIpc) is 2.67. The molecule has 1 aliphatic rings. The predicted molar refractivity (Wildman–Crippen MR) is 106 cm³/mol. The highest BCUT2D eigenvalue weighted by Crippen LogP contribution is 2.42. The lowest BCUT2D eigenvalue weighted by Gasteiger charge is -2.39. The third-order valence-electron chi connectivity index (χ3n) is 5.68. The SMILES string of the molecule is CC(N)C1CNC(c2ccccc2)C(c2cccc3ccccc23)C1. The highest BCUT2D eigenvalue weighted by atomic mass is 15.0. The fourth-order valence-electron chi connectivity index (χ4n) is 4.26. The van der Waals surface area contributed by atoms with Gasteiger partial charge in [0.05, 0.1) is 0 Å². The molecule has 0 spiro atoms. The van der Waals surface area contributed by atoms with Gasteiger partial charge in [-0.2, -0.15) is 0 Å². The maximum atomic E-state index is 6.26. The first-order valence-electron chi connectivity index (χ1n) is 9.25. The molecule has 0 saturated carbocycles. The standard InChI is InChI=1S/C23H26N2/c1-16(24)19-14-22(23(25-15-19)18-9-3-2-4-10-18)21-13-7-11-17-8-5-6-12-20(17)21/h2-13,16,19,22-23,25H,14-15,24H2,1H3. The number of piperidine rings is 1. The second kappa shape index (κ2) is 6.99. The highest BCUT2D eigenvalue weighted by molar-refractivity contribution is 5.86. The van der Waals surface area contributed by atoms with Gasteiger partial charge in [0.2, 0.25) is 0 Å². The lowest BCUT2D eigenvalue weighted by molar-refractivity contribution is 0.252. The minimum Gasteiger partial charge on any atom is -0.328 e. The Morgan fingerprint density at radius 1 is 0.920 bits per heavy atom. The van der Waals surface area contributed by atoms with E-state index in [9.17, 15) is 0 Å². The summed E-state index contributed by atoms with van der Waals surface area (Å²) in [5, 5.41) is 6.48. The van der Waals surface area contributed by atoms with Crippen molar-refractivity contribution in [3.8, 4) is 0 Å². The van der Waals surface area contributed by atoms with E-state index in [1.54, 1.807) is 0 Å². The first-order valence-corrected chi connectivity index (χ1v) is 9.25. The molecule has 1 saturated heterocycles. The average molecular weight is 330 g/mol. The quantitative estimate of drug-likeness (QED) is 0.735. The Bertz CT molecular complexity index is 836. The predicted octanol–water partition coefficient (Wildman–Crippen LogP) is 4.62. The molecule has 0 amide bonds. The van der Waals surface area contributed by atoms with Crippen LogP contribution in [0.3, 0.4) is 0 Å². The third-order valence-corrected chi connectivity index (χ3v) is 5.68. The fraction of sp³-hybridized carbons (Fsp3) is 0.304. The summed E-state index contributed by atoms with van der Waals surface area (Å²) in [5.41, 5.74) is 9.06. The van der Waals surface area contributed by atoms with Crippen molar-refractivity contribution >= 4 is 10.8 Å². The molecule has 3 aromatic carbocycles. The molecular formula is C23H26N2. The Morgan fingerprint density at radius 2 is 1.64 bits per heavy atom. The molecule has 2 heteroatoms. The molecule has 4 rings (SSSR count). The Labute approximate surface area is 150 Å². The second-order valence-electron chi connectivity index (χ2n) is 7.33. The van der Waals surface area contributed by atoms with Crippen molar-refractivity contribution in [2.45, 2.75) is 31.3 Å². The van der Waals surface area contributed by atoms with Gasteiger partial charge in [-0.1, -0.05) is 72.8 Å². The molecule has 1 heterocycles. The summed E-state index contributed by atoms with van der Waals surface area (Å²) in [6.45, 7) is 3.12. The molecule has 0 aromatic heterocycles. The number of benzene rings is 3. The molecule has 0 aliphatic carbocycles. The molecule has 1 aliphatic heterocycles. The van der Waals surface area contributed by atoms with E-state index in [0.717, 1.165) is 13.0 Å². The Morgan fingerprint density at radius 3 is 2.44 bits per heavy atom. The minimum atomic E-state index is 0.210. The molecule has 3 N–H and O–H groups in total. The van der Waals surface area contributed by atoms with Gasteiger partial charge in [0.25, 0.3) is 0 Å². The van der Waals surface area contributed by atoms with Gasteiger partial charge < -0.3 is 11.1 Å². The zero-order valence-electron chi connectivity index (χ0n) is 14.7. The van der Waals surface area contributed by atoms with E-state index in [1.165, 1.54) is 21.9 Å². The van der Waals surface area contributed by atoms with Crippen molar-refractivity contribution in [2.75, 3.05) is 6.54 Å². The van der Waals surface area contributed by atoms with Crippen LogP contribution in [0.25, 0.3) is 10.8 Å². The van der Waals surface area contributed by atoms with Crippen molar-refractivity contribution in [3.63, 3.8) is 0 Å². The van der Waals surface area contributed by atoms with E-state index in [-0.39, 0.29) is 6.04 Å². The first-order chi connectivity index (χ1) is 12.2. The highest BCUT2D eigenvalue weighted by Gasteiger charge is 2.34. The summed E-state index contributed by atoms with van der Waals surface area (Å²) >= 11 is 0. The Kier molecular flexibility index (Phi) is 4.56. The van der Waals surface area contributed by atoms with Crippen LogP contribution in [0.15, 0.2) is 72.8 Å². The van der Waals surface area contributed by atoms with Gasteiger partial charge in [0.1, 0.15) is 0 Å². The van der Waals surface area contributed by atoms with Gasteiger partial charge in [-0.05, 0) is 41.2 Å². The van der Waals surface area contributed by atoms with Crippen LogP contribution in [-0.4, -0.2) is 12.6 Å². The number of hydrogen-bond donors (Lipinski definition) is 2. The van der Waals surface area contributed by atoms with E-state index in [1.807, 2.05) is 0 Å². The summed E-state index contributed by atoms with van der Waals surface area (Å²) in [5.74, 6) is 0.933. The molecule has 25 heavy (non-hydrogen) atoms. The van der Waals surface area contributed by atoms with Gasteiger partial charge in [0, 0.05) is 24.5 Å². The summed E-state index contributed by atoms with van der Waals surface area (Å²) in [7, 11) is 0. The number of nitrogens with one attached hydrogen (secondary N) is 1. The molecule has 0 radical (unpaired) electrons. The van der Waals surface area contributed by atoms with Crippen molar-refractivity contribution in [3.05, 3.63) is 83.9 Å². The van der Waals surface area contributed by atoms with E-state index >= 15 is 0 Å². The summed E-state index contributed by atoms with van der Waals surface area (Å²) in [6, 6.07) is 26.8. The summed E-state index contributed by atoms with van der Waals surface area (Å²) < 4.78 is 0. The van der Waals surface area contributed by atoms with E-state index in [0.29, 0.717) is 17.9 Å². The Balaban J connectivity index is 1.80. The second-order valence-corrected chi connectivity index (χ2v) is 7.33. The van der Waals surface area contributed by atoms with Gasteiger partial charge in [-0.15, -0.1) is 0 Å². The third kappa shape index (κ3) is 3.20. The fourth-order valence-corrected chi connectivity index (χ4v) is 4.26. The maximum absolute atomic E-state index is 6.26. The number of hydrogen-bond acceptors (Lipinski definition) is 2. The lowest BCUT2D eigenvalue weighted by Crippen LogP contribution is -2.44. The van der Waals surface area contributed by atoms with Crippen molar-refractivity contribution in [1.29, 1.82) is 0 Å². The summed E-state index contributed by atoms with van der Waals surface area (Å²) in [6.07, 6.45) is 1.12. The van der Waals surface area contributed by atoms with Gasteiger partial charge >= 0.3 is 0 Å². The maximum Gasteiger partial charge on any atom is 0.0390 e. The molecule has 128 valence electrons. The van der Waals surface area contributed by atoms with Crippen LogP contribution in [-0.2, 0) is 0 Å². The molecule has 0 bridgehead atoms. The first kappa shape index (κ1) is 16.3. The van der Waals surface area contributed by atoms with Crippen molar-refractivity contribution in [2.24, 2.45) is 11.7 Å². The molecule has 3 aromatic rings. The van der Waals surface area contributed by atoms with Crippen LogP contribution < -0.4 is 11.1 Å². The molecule has 1 fully saturated rings. The van der Waals surface area contributed by atoms with Gasteiger partial charge in [-0.3, -0.25) is 0 Å². The normalized spacial score (nSPS) is 25.0.